The zero-order chi connectivity index (χ0) is 24.9. The van der Waals surface area contributed by atoms with Gasteiger partial charge in [0.1, 0.15) is 29.8 Å². The van der Waals surface area contributed by atoms with Gasteiger partial charge >= 0.3 is 11.8 Å². The van der Waals surface area contributed by atoms with E-state index < -0.39 is 22.2 Å². The van der Waals surface area contributed by atoms with E-state index in [0.29, 0.717) is 28.9 Å². The number of carbonyl (C=O) groups excluding carboxylic acids is 1. The van der Waals surface area contributed by atoms with Gasteiger partial charge in [0, 0.05) is 11.9 Å². The lowest BCUT2D eigenvalue weighted by Crippen LogP contribution is -2.50. The van der Waals surface area contributed by atoms with E-state index in [1.165, 1.54) is 6.20 Å². The number of anilines is 1. The number of aromatic nitrogens is 1. The molecule has 0 atom stereocenters. The molecule has 0 aliphatic heterocycles. The summed E-state index contributed by atoms with van der Waals surface area (Å²) < 4.78 is 11.2. The number of hydrogen-bond donors (Lipinski definition) is 2. The molecule has 1 aromatic heterocycles. The number of nitrogens with one attached hydrogen (secondary N) is 2. The Balaban J connectivity index is 1.84. The second kappa shape index (κ2) is 9.94. The molecule has 0 aliphatic rings. The number of nitrogens with zero attached hydrogens (tertiary/aromatic N) is 2. The minimum Gasteiger partial charge on any atom is -0.489 e. The lowest BCUT2D eigenvalue weighted by molar-refractivity contribution is -0.384. The van der Waals surface area contributed by atoms with E-state index >= 15 is 0 Å². The summed E-state index contributed by atoms with van der Waals surface area (Å²) in [6.07, 6.45) is 0.661. The number of benzene rings is 2. The van der Waals surface area contributed by atoms with Crippen LogP contribution in [-0.2, 0) is 11.3 Å². The molecule has 0 unspecified atom stereocenters. The summed E-state index contributed by atoms with van der Waals surface area (Å²) in [6.45, 7) is 9.51. The van der Waals surface area contributed by atoms with Crippen molar-refractivity contribution in [2.24, 2.45) is 0 Å². The van der Waals surface area contributed by atoms with Gasteiger partial charge in [-0.15, -0.1) is 0 Å². The van der Waals surface area contributed by atoms with Gasteiger partial charge in [0.15, 0.2) is 0 Å². The van der Waals surface area contributed by atoms with Crippen LogP contribution in [0.1, 0.15) is 40.2 Å². The van der Waals surface area contributed by atoms with Crippen molar-refractivity contribution < 1.29 is 19.2 Å². The molecule has 3 aromatic rings. The zero-order valence-corrected chi connectivity index (χ0v) is 20.0. The summed E-state index contributed by atoms with van der Waals surface area (Å²) in [7, 11) is 0. The molecule has 1 heterocycles. The highest BCUT2D eigenvalue weighted by molar-refractivity contribution is 5.96. The number of alkyl carbamates (subject to hydrolysis) is 1. The minimum absolute atomic E-state index is 0.166. The van der Waals surface area contributed by atoms with Crippen LogP contribution in [-0.4, -0.2) is 33.7 Å². The molecule has 2 N–H and O–H groups in total. The molecule has 1 amide bonds. The van der Waals surface area contributed by atoms with Crippen molar-refractivity contribution in [3.05, 3.63) is 70.4 Å². The molecular weight excluding hydrogens is 436 g/mol. The third-order valence-corrected chi connectivity index (χ3v) is 4.81. The van der Waals surface area contributed by atoms with Gasteiger partial charge < -0.3 is 20.1 Å². The van der Waals surface area contributed by atoms with Crippen LogP contribution < -0.4 is 15.4 Å². The SMILES string of the molecule is CC(C)(CNc1c([N+](=O)[O-])cnc2ccc(OCc3ccccc3)cc12)NC(=O)OC(C)(C)C. The Morgan fingerprint density at radius 2 is 1.79 bits per heavy atom. The quantitative estimate of drug-likeness (QED) is 0.335. The van der Waals surface area contributed by atoms with E-state index in [4.69, 9.17) is 9.47 Å². The lowest BCUT2D eigenvalue weighted by Gasteiger charge is -2.29. The van der Waals surface area contributed by atoms with Gasteiger partial charge in [0.2, 0.25) is 0 Å². The van der Waals surface area contributed by atoms with E-state index in [2.05, 4.69) is 15.6 Å². The van der Waals surface area contributed by atoms with Gasteiger partial charge in [-0.2, -0.15) is 0 Å². The number of fused-ring (bicyclic) bond motifs is 1. The number of rotatable bonds is 8. The van der Waals surface area contributed by atoms with E-state index in [1.807, 2.05) is 30.3 Å². The summed E-state index contributed by atoms with van der Waals surface area (Å²) in [5.41, 5.74) is 0.336. The standard InChI is InChI=1S/C25H30N4O5/c1-24(2,3)34-23(30)28-25(4,5)16-27-22-19-13-18(33-15-17-9-7-6-8-10-17)11-12-20(19)26-14-21(22)29(31)32/h6-14H,15-16H2,1-5H3,(H,26,27)(H,28,30). The van der Waals surface area contributed by atoms with Crippen LogP contribution in [0.4, 0.5) is 16.2 Å². The summed E-state index contributed by atoms with van der Waals surface area (Å²) >= 11 is 0. The van der Waals surface area contributed by atoms with E-state index in [9.17, 15) is 14.9 Å². The molecule has 0 aliphatic carbocycles. The van der Waals surface area contributed by atoms with Gasteiger partial charge in [-0.25, -0.2) is 9.78 Å². The maximum Gasteiger partial charge on any atom is 0.408 e. The van der Waals surface area contributed by atoms with Crippen molar-refractivity contribution in [1.82, 2.24) is 10.3 Å². The second-order valence-corrected chi connectivity index (χ2v) is 9.59. The summed E-state index contributed by atoms with van der Waals surface area (Å²) in [5, 5.41) is 18.2. The smallest absolute Gasteiger partial charge is 0.408 e. The molecule has 0 radical (unpaired) electrons. The fourth-order valence-corrected chi connectivity index (χ4v) is 3.25. The topological polar surface area (TPSA) is 116 Å². The first-order valence-corrected chi connectivity index (χ1v) is 10.9. The van der Waals surface area contributed by atoms with Gasteiger partial charge in [-0.1, -0.05) is 30.3 Å². The summed E-state index contributed by atoms with van der Waals surface area (Å²) in [5.74, 6) is 0.563. The number of hydrogen-bond acceptors (Lipinski definition) is 7. The predicted molar refractivity (Wildman–Crippen MR) is 131 cm³/mol. The van der Waals surface area contributed by atoms with Crippen molar-refractivity contribution in [2.75, 3.05) is 11.9 Å². The van der Waals surface area contributed by atoms with Crippen LogP contribution in [0.2, 0.25) is 0 Å². The highest BCUT2D eigenvalue weighted by Gasteiger charge is 2.26. The first-order valence-electron chi connectivity index (χ1n) is 10.9. The maximum absolute atomic E-state index is 12.2. The first kappa shape index (κ1) is 24.8. The number of ether oxygens (including phenoxy) is 2. The Kier molecular flexibility index (Phi) is 7.24. The van der Waals surface area contributed by atoms with Crippen LogP contribution in [0, 0.1) is 10.1 Å². The number of nitro groups is 1. The van der Waals surface area contributed by atoms with Crippen molar-refractivity contribution in [3.8, 4) is 5.75 Å². The van der Waals surface area contributed by atoms with Gasteiger partial charge in [0.25, 0.3) is 0 Å². The lowest BCUT2D eigenvalue weighted by atomic mass is 10.1. The Morgan fingerprint density at radius 3 is 2.44 bits per heavy atom. The van der Waals surface area contributed by atoms with E-state index in [1.54, 1.807) is 52.8 Å². The van der Waals surface area contributed by atoms with Crippen LogP contribution >= 0.6 is 0 Å². The molecule has 34 heavy (non-hydrogen) atoms. The Morgan fingerprint density at radius 1 is 1.09 bits per heavy atom. The van der Waals surface area contributed by atoms with E-state index in [-0.39, 0.29) is 12.2 Å². The molecule has 180 valence electrons. The molecule has 0 saturated heterocycles. The molecule has 0 spiro atoms. The Labute approximate surface area is 198 Å². The van der Waals surface area contributed by atoms with Crippen LogP contribution in [0.15, 0.2) is 54.7 Å². The molecule has 3 rings (SSSR count). The van der Waals surface area contributed by atoms with Crippen molar-refractivity contribution in [2.45, 2.75) is 52.4 Å². The van der Waals surface area contributed by atoms with Crippen molar-refractivity contribution in [3.63, 3.8) is 0 Å². The summed E-state index contributed by atoms with van der Waals surface area (Å²) in [6, 6.07) is 15.0. The van der Waals surface area contributed by atoms with Crippen LogP contribution in [0.3, 0.4) is 0 Å². The van der Waals surface area contributed by atoms with Gasteiger partial charge in [0.05, 0.1) is 16.0 Å². The molecule has 9 heteroatoms. The number of carbonyl (C=O) groups is 1. The fraction of sp³-hybridized carbons (Fsp3) is 0.360. The number of amides is 1. The van der Waals surface area contributed by atoms with Gasteiger partial charge in [-0.05, 0) is 58.4 Å². The molecule has 0 bridgehead atoms. The first-order chi connectivity index (χ1) is 15.9. The minimum atomic E-state index is -0.757. The monoisotopic (exact) mass is 466 g/mol. The molecule has 0 saturated carbocycles. The predicted octanol–water partition coefficient (Wildman–Crippen LogP) is 5.44. The molecule has 0 fully saturated rings. The largest absolute Gasteiger partial charge is 0.489 e. The fourth-order valence-electron chi connectivity index (χ4n) is 3.25. The van der Waals surface area contributed by atoms with E-state index in [0.717, 1.165) is 5.56 Å². The molecular formula is C25H30N4O5. The van der Waals surface area contributed by atoms with Crippen LogP contribution in [0.25, 0.3) is 10.9 Å². The van der Waals surface area contributed by atoms with Crippen LogP contribution in [0.5, 0.6) is 5.75 Å². The third-order valence-electron chi connectivity index (χ3n) is 4.81. The second-order valence-electron chi connectivity index (χ2n) is 9.59. The third kappa shape index (κ3) is 6.81. The highest BCUT2D eigenvalue weighted by atomic mass is 16.6. The maximum atomic E-state index is 12.2. The number of pyridine rings is 1. The average Bonchev–Trinajstić information content (AvgIpc) is 2.74. The zero-order valence-electron chi connectivity index (χ0n) is 20.0. The van der Waals surface area contributed by atoms with Gasteiger partial charge in [-0.3, -0.25) is 10.1 Å². The summed E-state index contributed by atoms with van der Waals surface area (Å²) in [4.78, 5) is 27.7. The van der Waals surface area contributed by atoms with Crippen molar-refractivity contribution in [1.29, 1.82) is 0 Å². The van der Waals surface area contributed by atoms with Crippen molar-refractivity contribution >= 4 is 28.4 Å². The highest BCUT2D eigenvalue weighted by Crippen LogP contribution is 2.34. The molecule has 2 aromatic carbocycles. The average molecular weight is 467 g/mol. The Bertz CT molecular complexity index is 1170. The normalized spacial score (nSPS) is 11.7. The molecule has 9 nitrogen and oxygen atoms in total. The Hall–Kier alpha value is -3.88.